The van der Waals surface area contributed by atoms with Gasteiger partial charge in [-0.05, 0) is 48.9 Å². The van der Waals surface area contributed by atoms with Gasteiger partial charge < -0.3 is 9.64 Å². The van der Waals surface area contributed by atoms with Crippen LogP contribution >= 0.6 is 11.6 Å². The number of carbonyl (C=O) groups excluding carboxylic acids is 1. The maximum atomic E-state index is 12.8. The Kier molecular flexibility index (Phi) is 3.00. The predicted octanol–water partition coefficient (Wildman–Crippen LogP) is 3.09. The number of alkyl halides is 1. The van der Waals surface area contributed by atoms with Crippen molar-refractivity contribution in [2.45, 2.75) is 56.4 Å². The van der Waals surface area contributed by atoms with Crippen LogP contribution < -0.4 is 0 Å². The van der Waals surface area contributed by atoms with Crippen molar-refractivity contribution in [1.82, 2.24) is 4.90 Å². The second-order valence-electron chi connectivity index (χ2n) is 6.14. The van der Waals surface area contributed by atoms with Crippen molar-refractivity contribution in [3.05, 3.63) is 34.9 Å². The van der Waals surface area contributed by atoms with Crippen LogP contribution in [-0.2, 0) is 18.0 Å². The van der Waals surface area contributed by atoms with E-state index in [0.717, 1.165) is 36.8 Å². The molecule has 4 rings (SSSR count). The minimum absolute atomic E-state index is 0.177. The number of ether oxygens (including phenoxy) is 1. The fraction of sp³-hybridized carbons (Fsp3) is 0.562. The average Bonchev–Trinajstić information content (AvgIpc) is 3.00. The van der Waals surface area contributed by atoms with Gasteiger partial charge >= 0.3 is 0 Å². The molecule has 0 spiro atoms. The second kappa shape index (κ2) is 4.74. The third kappa shape index (κ3) is 1.95. The lowest BCUT2D eigenvalue weighted by molar-refractivity contribution is 0.0599. The number of hydrogen-bond acceptors (Lipinski definition) is 2. The van der Waals surface area contributed by atoms with Gasteiger partial charge in [0.15, 0.2) is 0 Å². The molecule has 2 bridgehead atoms. The molecule has 1 aromatic rings. The summed E-state index contributed by atoms with van der Waals surface area (Å²) < 4.78 is 5.42. The summed E-state index contributed by atoms with van der Waals surface area (Å²) in [7, 11) is 0. The molecule has 2 saturated heterocycles. The van der Waals surface area contributed by atoms with Crippen LogP contribution in [-0.4, -0.2) is 28.3 Å². The van der Waals surface area contributed by atoms with Crippen LogP contribution in [0.1, 0.15) is 47.2 Å². The molecule has 3 aliphatic heterocycles. The van der Waals surface area contributed by atoms with E-state index in [1.807, 2.05) is 18.2 Å². The summed E-state index contributed by atoms with van der Waals surface area (Å²) >= 11 is 6.28. The quantitative estimate of drug-likeness (QED) is 0.744. The monoisotopic (exact) mass is 291 g/mol. The van der Waals surface area contributed by atoms with Gasteiger partial charge in [-0.1, -0.05) is 6.07 Å². The third-order valence-electron chi connectivity index (χ3n) is 4.88. The Bertz CT molecular complexity index is 545. The fourth-order valence-electron chi connectivity index (χ4n) is 3.90. The van der Waals surface area contributed by atoms with Gasteiger partial charge in [0, 0.05) is 23.0 Å². The van der Waals surface area contributed by atoms with Gasteiger partial charge in [-0.25, -0.2) is 0 Å². The number of benzene rings is 1. The Labute approximate surface area is 123 Å². The number of piperidine rings is 1. The minimum atomic E-state index is 0.177. The smallest absolute Gasteiger partial charge is 0.254 e. The first-order chi connectivity index (χ1) is 9.72. The zero-order chi connectivity index (χ0) is 13.7. The molecule has 0 aromatic heterocycles. The highest BCUT2D eigenvalue weighted by Gasteiger charge is 2.42. The number of rotatable bonds is 1. The molecule has 1 aromatic carbocycles. The van der Waals surface area contributed by atoms with Gasteiger partial charge in [0.05, 0.1) is 13.2 Å². The molecule has 2 fully saturated rings. The molecule has 106 valence electrons. The maximum Gasteiger partial charge on any atom is 0.254 e. The van der Waals surface area contributed by atoms with Crippen molar-refractivity contribution < 1.29 is 9.53 Å². The summed E-state index contributed by atoms with van der Waals surface area (Å²) in [6.45, 7) is 1.31. The molecule has 3 nitrogen and oxygen atoms in total. The highest BCUT2D eigenvalue weighted by Crippen LogP contribution is 2.38. The van der Waals surface area contributed by atoms with Crippen LogP contribution in [0.5, 0.6) is 0 Å². The van der Waals surface area contributed by atoms with Crippen LogP contribution in [0.15, 0.2) is 18.2 Å². The number of fused-ring (bicyclic) bond motifs is 3. The molecular weight excluding hydrogens is 274 g/mol. The van der Waals surface area contributed by atoms with E-state index in [1.165, 1.54) is 5.56 Å². The van der Waals surface area contributed by atoms with Crippen LogP contribution in [0, 0.1) is 0 Å². The molecule has 2 atom stereocenters. The summed E-state index contributed by atoms with van der Waals surface area (Å²) in [4.78, 5) is 14.9. The van der Waals surface area contributed by atoms with Crippen molar-refractivity contribution in [3.63, 3.8) is 0 Å². The van der Waals surface area contributed by atoms with Crippen molar-refractivity contribution in [1.29, 1.82) is 0 Å². The van der Waals surface area contributed by atoms with Crippen LogP contribution in [0.4, 0.5) is 0 Å². The van der Waals surface area contributed by atoms with Crippen molar-refractivity contribution in [2.75, 3.05) is 0 Å². The molecule has 1 amide bonds. The molecule has 0 N–H and O–H groups in total. The molecule has 3 heterocycles. The number of carbonyl (C=O) groups is 1. The highest BCUT2D eigenvalue weighted by molar-refractivity contribution is 6.20. The van der Waals surface area contributed by atoms with E-state index in [0.29, 0.717) is 25.3 Å². The third-order valence-corrected chi connectivity index (χ3v) is 5.23. The first kappa shape index (κ1) is 12.7. The zero-order valence-electron chi connectivity index (χ0n) is 11.3. The van der Waals surface area contributed by atoms with E-state index >= 15 is 0 Å². The molecule has 0 aliphatic carbocycles. The van der Waals surface area contributed by atoms with Gasteiger partial charge in [-0.3, -0.25) is 4.79 Å². The van der Waals surface area contributed by atoms with Gasteiger partial charge in [-0.2, -0.15) is 0 Å². The van der Waals surface area contributed by atoms with Gasteiger partial charge in [-0.15, -0.1) is 11.6 Å². The topological polar surface area (TPSA) is 29.5 Å². The molecule has 0 saturated carbocycles. The Balaban J connectivity index is 1.61. The molecule has 20 heavy (non-hydrogen) atoms. The van der Waals surface area contributed by atoms with Crippen LogP contribution in [0.25, 0.3) is 0 Å². The zero-order valence-corrected chi connectivity index (χ0v) is 12.1. The Morgan fingerprint density at radius 2 is 1.85 bits per heavy atom. The van der Waals surface area contributed by atoms with E-state index in [1.54, 1.807) is 0 Å². The summed E-state index contributed by atoms with van der Waals surface area (Å²) in [6, 6.07) is 6.67. The van der Waals surface area contributed by atoms with E-state index < -0.39 is 0 Å². The summed E-state index contributed by atoms with van der Waals surface area (Å²) in [6.07, 6.45) is 4.09. The molecular formula is C16H18ClNO2. The van der Waals surface area contributed by atoms with Crippen molar-refractivity contribution >= 4 is 17.5 Å². The summed E-state index contributed by atoms with van der Waals surface area (Å²) in [5.74, 6) is 0.177. The molecule has 4 heteroatoms. The molecule has 3 aliphatic rings. The Morgan fingerprint density at radius 3 is 2.60 bits per heavy atom. The largest absolute Gasteiger partial charge is 0.372 e. The van der Waals surface area contributed by atoms with Crippen LogP contribution in [0.3, 0.4) is 0 Å². The number of halogens is 1. The maximum absolute atomic E-state index is 12.8. The minimum Gasteiger partial charge on any atom is -0.372 e. The lowest BCUT2D eigenvalue weighted by Gasteiger charge is -2.37. The summed E-state index contributed by atoms with van der Waals surface area (Å²) in [5, 5.41) is 0.241. The Morgan fingerprint density at radius 1 is 1.15 bits per heavy atom. The average molecular weight is 292 g/mol. The SMILES string of the molecule is O=C(c1ccc2c(c1)COC2)N1C2CCC1CC(Cl)C2. The standard InChI is InChI=1S/C16H18ClNO2/c17-13-6-14-3-4-15(7-13)18(14)16(19)10-1-2-11-8-20-9-12(11)5-10/h1-2,5,13-15H,3-4,6-9H2. The van der Waals surface area contributed by atoms with Crippen LogP contribution in [0.2, 0.25) is 0 Å². The van der Waals surface area contributed by atoms with E-state index in [-0.39, 0.29) is 11.3 Å². The van der Waals surface area contributed by atoms with Gasteiger partial charge in [0.2, 0.25) is 0 Å². The van der Waals surface area contributed by atoms with Crippen molar-refractivity contribution in [2.24, 2.45) is 0 Å². The number of amides is 1. The molecule has 0 radical (unpaired) electrons. The fourth-order valence-corrected chi connectivity index (χ4v) is 4.31. The van der Waals surface area contributed by atoms with Crippen molar-refractivity contribution in [3.8, 4) is 0 Å². The normalized spacial score (nSPS) is 31.4. The second-order valence-corrected chi connectivity index (χ2v) is 6.76. The first-order valence-corrected chi connectivity index (χ1v) is 7.82. The first-order valence-electron chi connectivity index (χ1n) is 7.38. The van der Waals surface area contributed by atoms with Gasteiger partial charge in [0.25, 0.3) is 5.91 Å². The lowest BCUT2D eigenvalue weighted by atomic mass is 9.99. The molecule has 2 unspecified atom stereocenters. The highest BCUT2D eigenvalue weighted by atomic mass is 35.5. The van der Waals surface area contributed by atoms with E-state index in [2.05, 4.69) is 4.90 Å². The predicted molar refractivity (Wildman–Crippen MR) is 76.8 cm³/mol. The van der Waals surface area contributed by atoms with Gasteiger partial charge in [0.1, 0.15) is 0 Å². The van der Waals surface area contributed by atoms with E-state index in [4.69, 9.17) is 16.3 Å². The summed E-state index contributed by atoms with van der Waals surface area (Å²) in [5.41, 5.74) is 3.18. The number of hydrogen-bond donors (Lipinski definition) is 0. The Hall–Kier alpha value is -1.06. The van der Waals surface area contributed by atoms with E-state index in [9.17, 15) is 4.79 Å². The number of nitrogens with zero attached hydrogens (tertiary/aromatic N) is 1. The lowest BCUT2D eigenvalue weighted by Crippen LogP contribution is -2.46.